The van der Waals surface area contributed by atoms with Crippen LogP contribution < -0.4 is 4.74 Å². The molecule has 1 aromatic carbocycles. The molecule has 110 valence electrons. The maximum absolute atomic E-state index is 11.5. The minimum absolute atomic E-state index is 0.359. The normalized spacial score (nSPS) is 13.3. The Labute approximate surface area is 123 Å². The minimum atomic E-state index is -1.66. The first-order valence-corrected chi connectivity index (χ1v) is 6.48. The molecule has 0 saturated heterocycles. The monoisotopic (exact) mass is 287 g/mol. The first-order chi connectivity index (χ1) is 10.0. The molecule has 0 aliphatic heterocycles. The van der Waals surface area contributed by atoms with E-state index < -0.39 is 11.6 Å². The SMILES string of the molecule is COC(=O)C(C)(O)c1ccc(COc2ccccn2)cc1. The van der Waals surface area contributed by atoms with Crippen molar-refractivity contribution < 1.29 is 19.4 Å². The third kappa shape index (κ3) is 3.58. The zero-order chi connectivity index (χ0) is 15.3. The van der Waals surface area contributed by atoms with Crippen molar-refractivity contribution in [2.45, 2.75) is 19.1 Å². The van der Waals surface area contributed by atoms with Gasteiger partial charge in [0.05, 0.1) is 7.11 Å². The van der Waals surface area contributed by atoms with Gasteiger partial charge < -0.3 is 14.6 Å². The molecule has 0 fully saturated rings. The molecule has 1 aromatic heterocycles. The summed E-state index contributed by atoms with van der Waals surface area (Å²) < 4.78 is 10.1. The number of rotatable bonds is 5. The van der Waals surface area contributed by atoms with Crippen LogP contribution in [0.1, 0.15) is 18.1 Å². The van der Waals surface area contributed by atoms with E-state index in [2.05, 4.69) is 9.72 Å². The first kappa shape index (κ1) is 15.0. The Bertz CT molecular complexity index is 593. The van der Waals surface area contributed by atoms with Crippen LogP contribution in [-0.4, -0.2) is 23.2 Å². The van der Waals surface area contributed by atoms with Gasteiger partial charge >= 0.3 is 5.97 Å². The van der Waals surface area contributed by atoms with Crippen LogP contribution in [-0.2, 0) is 21.7 Å². The molecule has 2 rings (SSSR count). The molecule has 0 spiro atoms. The highest BCUT2D eigenvalue weighted by atomic mass is 16.5. The summed E-state index contributed by atoms with van der Waals surface area (Å²) in [5, 5.41) is 10.1. The lowest BCUT2D eigenvalue weighted by molar-refractivity contribution is -0.161. The summed E-state index contributed by atoms with van der Waals surface area (Å²) in [6.45, 7) is 1.76. The fourth-order valence-corrected chi connectivity index (χ4v) is 1.83. The third-order valence-corrected chi connectivity index (χ3v) is 3.12. The number of benzene rings is 1. The highest BCUT2D eigenvalue weighted by Gasteiger charge is 2.33. The molecule has 0 radical (unpaired) electrons. The molecule has 1 N–H and O–H groups in total. The Morgan fingerprint density at radius 3 is 2.52 bits per heavy atom. The predicted molar refractivity (Wildman–Crippen MR) is 76.6 cm³/mol. The van der Waals surface area contributed by atoms with Crippen LogP contribution in [0.3, 0.4) is 0 Å². The molecule has 5 nitrogen and oxygen atoms in total. The van der Waals surface area contributed by atoms with E-state index in [0.717, 1.165) is 5.56 Å². The van der Waals surface area contributed by atoms with E-state index in [9.17, 15) is 9.90 Å². The zero-order valence-electron chi connectivity index (χ0n) is 11.9. The molecule has 0 bridgehead atoms. The number of ether oxygens (including phenoxy) is 2. The standard InChI is InChI=1S/C16H17NO4/c1-16(19,15(18)20-2)13-8-6-12(7-9-13)11-21-14-5-3-4-10-17-14/h3-10,19H,11H2,1-2H3. The summed E-state index contributed by atoms with van der Waals surface area (Å²) in [5.41, 5.74) is -0.282. The number of hydrogen-bond acceptors (Lipinski definition) is 5. The molecule has 1 unspecified atom stereocenters. The fraction of sp³-hybridized carbons (Fsp3) is 0.250. The second kappa shape index (κ2) is 6.37. The Balaban J connectivity index is 2.04. The number of pyridine rings is 1. The smallest absolute Gasteiger partial charge is 0.342 e. The van der Waals surface area contributed by atoms with Crippen molar-refractivity contribution in [2.24, 2.45) is 0 Å². The number of aliphatic hydroxyl groups is 1. The van der Waals surface area contributed by atoms with Crippen molar-refractivity contribution in [2.75, 3.05) is 7.11 Å². The van der Waals surface area contributed by atoms with Crippen molar-refractivity contribution in [3.8, 4) is 5.88 Å². The molecule has 0 aliphatic rings. The van der Waals surface area contributed by atoms with Gasteiger partial charge in [0.15, 0.2) is 5.60 Å². The Morgan fingerprint density at radius 1 is 1.24 bits per heavy atom. The lowest BCUT2D eigenvalue weighted by atomic mass is 9.95. The van der Waals surface area contributed by atoms with Crippen molar-refractivity contribution in [3.05, 3.63) is 59.8 Å². The number of carbonyl (C=O) groups is 1. The van der Waals surface area contributed by atoms with Crippen LogP contribution in [0, 0.1) is 0 Å². The van der Waals surface area contributed by atoms with Gasteiger partial charge in [0.2, 0.25) is 5.88 Å². The van der Waals surface area contributed by atoms with Crippen LogP contribution >= 0.6 is 0 Å². The van der Waals surface area contributed by atoms with Crippen LogP contribution in [0.5, 0.6) is 5.88 Å². The maximum Gasteiger partial charge on any atom is 0.342 e. The van der Waals surface area contributed by atoms with Crippen LogP contribution in [0.2, 0.25) is 0 Å². The van der Waals surface area contributed by atoms with Gasteiger partial charge in [0.25, 0.3) is 0 Å². The molecule has 21 heavy (non-hydrogen) atoms. The average Bonchev–Trinajstić information content (AvgIpc) is 2.53. The Morgan fingerprint density at radius 2 is 1.95 bits per heavy atom. The number of carbonyl (C=O) groups excluding carboxylic acids is 1. The van der Waals surface area contributed by atoms with Gasteiger partial charge in [-0.2, -0.15) is 0 Å². The van der Waals surface area contributed by atoms with E-state index in [1.54, 1.807) is 36.5 Å². The van der Waals surface area contributed by atoms with Gasteiger partial charge in [-0.15, -0.1) is 0 Å². The molecule has 1 heterocycles. The molecule has 2 aromatic rings. The van der Waals surface area contributed by atoms with Gasteiger partial charge in [-0.25, -0.2) is 9.78 Å². The zero-order valence-corrected chi connectivity index (χ0v) is 11.9. The number of hydrogen-bond donors (Lipinski definition) is 1. The molecular formula is C16H17NO4. The van der Waals surface area contributed by atoms with Crippen molar-refractivity contribution in [1.82, 2.24) is 4.98 Å². The van der Waals surface area contributed by atoms with E-state index in [0.29, 0.717) is 18.1 Å². The summed E-state index contributed by atoms with van der Waals surface area (Å²) in [6.07, 6.45) is 1.66. The molecule has 0 amide bonds. The Hall–Kier alpha value is -2.40. The minimum Gasteiger partial charge on any atom is -0.473 e. The second-order valence-electron chi connectivity index (χ2n) is 4.72. The quantitative estimate of drug-likeness (QED) is 0.852. The fourth-order valence-electron chi connectivity index (χ4n) is 1.83. The first-order valence-electron chi connectivity index (χ1n) is 6.48. The van der Waals surface area contributed by atoms with E-state index >= 15 is 0 Å². The van der Waals surface area contributed by atoms with E-state index in [1.807, 2.05) is 12.1 Å². The molecular weight excluding hydrogens is 270 g/mol. The summed E-state index contributed by atoms with van der Waals surface area (Å²) in [4.78, 5) is 15.6. The Kier molecular flexibility index (Phi) is 4.55. The van der Waals surface area contributed by atoms with E-state index in [-0.39, 0.29) is 0 Å². The number of esters is 1. The van der Waals surface area contributed by atoms with Gasteiger partial charge in [0.1, 0.15) is 6.61 Å². The summed E-state index contributed by atoms with van der Waals surface area (Å²) >= 11 is 0. The van der Waals surface area contributed by atoms with Gasteiger partial charge in [-0.05, 0) is 24.1 Å². The number of nitrogens with zero attached hydrogens (tertiary/aromatic N) is 1. The van der Waals surface area contributed by atoms with E-state index in [4.69, 9.17) is 4.74 Å². The maximum atomic E-state index is 11.5. The molecule has 5 heteroatoms. The number of aromatic nitrogens is 1. The van der Waals surface area contributed by atoms with Crippen LogP contribution in [0.4, 0.5) is 0 Å². The van der Waals surface area contributed by atoms with E-state index in [1.165, 1.54) is 14.0 Å². The van der Waals surface area contributed by atoms with Gasteiger partial charge in [-0.1, -0.05) is 30.3 Å². The predicted octanol–water partition coefficient (Wildman–Crippen LogP) is 2.04. The third-order valence-electron chi connectivity index (χ3n) is 3.12. The molecule has 1 atom stereocenters. The summed E-state index contributed by atoms with van der Waals surface area (Å²) in [7, 11) is 1.24. The van der Waals surface area contributed by atoms with Crippen LogP contribution in [0.15, 0.2) is 48.7 Å². The van der Waals surface area contributed by atoms with Gasteiger partial charge in [0, 0.05) is 12.3 Å². The molecule has 0 saturated carbocycles. The number of methoxy groups -OCH3 is 1. The van der Waals surface area contributed by atoms with Gasteiger partial charge in [-0.3, -0.25) is 0 Å². The second-order valence-corrected chi connectivity index (χ2v) is 4.72. The summed E-state index contributed by atoms with van der Waals surface area (Å²) in [6, 6.07) is 12.4. The van der Waals surface area contributed by atoms with Crippen molar-refractivity contribution in [3.63, 3.8) is 0 Å². The highest BCUT2D eigenvalue weighted by molar-refractivity contribution is 5.80. The topological polar surface area (TPSA) is 68.7 Å². The van der Waals surface area contributed by atoms with Crippen LogP contribution in [0.25, 0.3) is 0 Å². The highest BCUT2D eigenvalue weighted by Crippen LogP contribution is 2.22. The van der Waals surface area contributed by atoms with Crippen molar-refractivity contribution >= 4 is 5.97 Å². The summed E-state index contributed by atoms with van der Waals surface area (Å²) in [5.74, 6) is -0.150. The van der Waals surface area contributed by atoms with Crippen molar-refractivity contribution in [1.29, 1.82) is 0 Å². The molecule has 0 aliphatic carbocycles. The largest absolute Gasteiger partial charge is 0.473 e. The lowest BCUT2D eigenvalue weighted by Gasteiger charge is -2.20. The lowest BCUT2D eigenvalue weighted by Crippen LogP contribution is -2.33. The average molecular weight is 287 g/mol.